The van der Waals surface area contributed by atoms with Gasteiger partial charge < -0.3 is 14.9 Å². The van der Waals surface area contributed by atoms with Crippen molar-refractivity contribution in [3.05, 3.63) is 35.4 Å². The van der Waals surface area contributed by atoms with Gasteiger partial charge in [-0.05, 0) is 25.1 Å². The Kier molecular flexibility index (Phi) is 6.57. The van der Waals surface area contributed by atoms with Crippen molar-refractivity contribution in [2.45, 2.75) is 19.4 Å². The lowest BCUT2D eigenvalue weighted by Gasteiger charge is -2.34. The van der Waals surface area contributed by atoms with E-state index in [-0.39, 0.29) is 5.91 Å². The van der Waals surface area contributed by atoms with Crippen LogP contribution < -0.4 is 0 Å². The first kappa shape index (κ1) is 17.9. The summed E-state index contributed by atoms with van der Waals surface area (Å²) < 4.78 is 0. The summed E-state index contributed by atoms with van der Waals surface area (Å²) in [6, 6.07) is 7.70. The number of hydrogen-bond acceptors (Lipinski definition) is 4. The summed E-state index contributed by atoms with van der Waals surface area (Å²) in [4.78, 5) is 18.8. The number of benzene rings is 1. The molecule has 2 rings (SSSR count). The Labute approximate surface area is 139 Å². The van der Waals surface area contributed by atoms with Crippen LogP contribution in [0, 0.1) is 0 Å². The van der Waals surface area contributed by atoms with Gasteiger partial charge in [0, 0.05) is 51.9 Å². The normalized spacial score (nSPS) is 17.9. The van der Waals surface area contributed by atoms with Crippen LogP contribution in [0.5, 0.6) is 0 Å². The van der Waals surface area contributed by atoms with Crippen molar-refractivity contribution in [1.82, 2.24) is 14.7 Å². The van der Waals surface area contributed by atoms with Gasteiger partial charge in [-0.2, -0.15) is 0 Å². The van der Waals surface area contributed by atoms with Crippen molar-refractivity contribution >= 4 is 5.91 Å². The number of amides is 1. The van der Waals surface area contributed by atoms with Crippen molar-refractivity contribution in [2.24, 2.45) is 0 Å². The fourth-order valence-electron chi connectivity index (χ4n) is 3.03. The summed E-state index contributed by atoms with van der Waals surface area (Å²) in [7, 11) is 3.88. The maximum Gasteiger partial charge on any atom is 0.253 e. The van der Waals surface area contributed by atoms with Crippen LogP contribution in [-0.4, -0.2) is 85.2 Å². The molecule has 1 aromatic carbocycles. The minimum Gasteiger partial charge on any atom is -0.390 e. The Balaban J connectivity index is 1.87. The van der Waals surface area contributed by atoms with Crippen molar-refractivity contribution in [1.29, 1.82) is 0 Å². The molecule has 1 N–H and O–H groups in total. The van der Waals surface area contributed by atoms with E-state index in [4.69, 9.17) is 0 Å². The Morgan fingerprint density at radius 2 is 1.91 bits per heavy atom. The fraction of sp³-hybridized carbons (Fsp3) is 0.611. The van der Waals surface area contributed by atoms with Crippen LogP contribution >= 0.6 is 0 Å². The number of aliphatic hydroxyl groups is 1. The van der Waals surface area contributed by atoms with Crippen molar-refractivity contribution in [3.8, 4) is 0 Å². The van der Waals surface area contributed by atoms with Crippen molar-refractivity contribution in [2.75, 3.05) is 53.4 Å². The Morgan fingerprint density at radius 3 is 2.57 bits per heavy atom. The topological polar surface area (TPSA) is 47.0 Å². The molecule has 0 spiro atoms. The number of piperazine rings is 1. The number of carbonyl (C=O) groups is 1. The molecule has 1 aliphatic rings. The Hall–Kier alpha value is -1.43. The van der Waals surface area contributed by atoms with Crippen LogP contribution in [0.15, 0.2) is 24.3 Å². The molecule has 0 aromatic heterocycles. The molecule has 1 heterocycles. The molecule has 1 atom stereocenters. The first-order valence-electron chi connectivity index (χ1n) is 8.43. The third-order valence-corrected chi connectivity index (χ3v) is 4.52. The number of β-amino-alcohol motifs (C(OH)–C–C–N with tert-alkyl or cyclic N) is 1. The third kappa shape index (κ3) is 5.03. The zero-order chi connectivity index (χ0) is 16.8. The van der Waals surface area contributed by atoms with E-state index in [1.54, 1.807) is 11.9 Å². The van der Waals surface area contributed by atoms with Gasteiger partial charge in [-0.25, -0.2) is 0 Å². The van der Waals surface area contributed by atoms with E-state index in [1.165, 1.54) is 0 Å². The highest BCUT2D eigenvalue weighted by molar-refractivity contribution is 5.95. The molecule has 0 bridgehead atoms. The molecule has 23 heavy (non-hydrogen) atoms. The molecule has 1 amide bonds. The van der Waals surface area contributed by atoms with Gasteiger partial charge in [-0.3, -0.25) is 9.69 Å². The first-order chi connectivity index (χ1) is 11.0. The van der Waals surface area contributed by atoms with Crippen molar-refractivity contribution < 1.29 is 9.90 Å². The van der Waals surface area contributed by atoms with E-state index >= 15 is 0 Å². The van der Waals surface area contributed by atoms with E-state index in [9.17, 15) is 9.90 Å². The third-order valence-electron chi connectivity index (χ3n) is 4.52. The SMILES string of the molecule is CCc1ccccc1C(=O)N(C)CC(O)CN1CCN(C)CC1. The Morgan fingerprint density at radius 1 is 1.26 bits per heavy atom. The number of carbonyl (C=O) groups excluding carboxylic acids is 1. The predicted molar refractivity (Wildman–Crippen MR) is 92.7 cm³/mol. The van der Waals surface area contributed by atoms with Crippen LogP contribution in [-0.2, 0) is 6.42 Å². The number of aryl methyl sites for hydroxylation is 1. The summed E-state index contributed by atoms with van der Waals surface area (Å²) in [6.45, 7) is 7.06. The molecule has 5 heteroatoms. The summed E-state index contributed by atoms with van der Waals surface area (Å²) in [6.07, 6.45) is 0.320. The average Bonchev–Trinajstić information content (AvgIpc) is 2.56. The van der Waals surface area contributed by atoms with Crippen LogP contribution in [0.2, 0.25) is 0 Å². The highest BCUT2D eigenvalue weighted by Gasteiger charge is 2.21. The number of aliphatic hydroxyl groups excluding tert-OH is 1. The highest BCUT2D eigenvalue weighted by Crippen LogP contribution is 2.12. The second-order valence-electron chi connectivity index (χ2n) is 6.45. The van der Waals surface area contributed by atoms with Gasteiger partial charge in [0.25, 0.3) is 5.91 Å². The lowest BCUT2D eigenvalue weighted by atomic mass is 10.0. The molecule has 128 valence electrons. The van der Waals surface area contributed by atoms with Crippen LogP contribution in [0.25, 0.3) is 0 Å². The fourth-order valence-corrected chi connectivity index (χ4v) is 3.03. The van der Waals surface area contributed by atoms with Crippen LogP contribution in [0.3, 0.4) is 0 Å². The van der Waals surface area contributed by atoms with Crippen LogP contribution in [0.4, 0.5) is 0 Å². The van der Waals surface area contributed by atoms with Gasteiger partial charge in [0.1, 0.15) is 0 Å². The number of hydrogen-bond donors (Lipinski definition) is 1. The molecule has 0 aliphatic carbocycles. The van der Waals surface area contributed by atoms with E-state index in [1.807, 2.05) is 31.2 Å². The quantitative estimate of drug-likeness (QED) is 0.847. The van der Waals surface area contributed by atoms with Crippen molar-refractivity contribution in [3.63, 3.8) is 0 Å². The van der Waals surface area contributed by atoms with Gasteiger partial charge in [-0.15, -0.1) is 0 Å². The lowest BCUT2D eigenvalue weighted by Crippen LogP contribution is -2.49. The second kappa shape index (κ2) is 8.43. The van der Waals surface area contributed by atoms with Gasteiger partial charge >= 0.3 is 0 Å². The molecule has 0 saturated carbocycles. The molecule has 0 radical (unpaired) electrons. The second-order valence-corrected chi connectivity index (χ2v) is 6.45. The van der Waals surface area contributed by atoms with Gasteiger partial charge in [-0.1, -0.05) is 25.1 Å². The minimum atomic E-state index is -0.513. The maximum absolute atomic E-state index is 12.6. The van der Waals surface area contributed by atoms with E-state index in [2.05, 4.69) is 16.8 Å². The largest absolute Gasteiger partial charge is 0.390 e. The first-order valence-corrected chi connectivity index (χ1v) is 8.43. The minimum absolute atomic E-state index is 0.0140. The molecule has 1 aromatic rings. The van der Waals surface area contributed by atoms with Crippen LogP contribution in [0.1, 0.15) is 22.8 Å². The zero-order valence-electron chi connectivity index (χ0n) is 14.5. The summed E-state index contributed by atoms with van der Waals surface area (Å²) in [5.41, 5.74) is 1.79. The van der Waals surface area contributed by atoms with Gasteiger partial charge in [0.2, 0.25) is 0 Å². The standard InChI is InChI=1S/C18H29N3O2/c1-4-15-7-5-6-8-17(15)18(23)20(3)13-16(22)14-21-11-9-19(2)10-12-21/h5-8,16,22H,4,9-14H2,1-3H3. The molecule has 1 unspecified atom stereocenters. The molecule has 5 nitrogen and oxygen atoms in total. The molecule has 1 saturated heterocycles. The lowest BCUT2D eigenvalue weighted by molar-refractivity contribution is 0.0501. The van der Waals surface area contributed by atoms with E-state index in [0.717, 1.165) is 43.7 Å². The Bertz CT molecular complexity index is 513. The summed E-state index contributed by atoms with van der Waals surface area (Å²) in [5.74, 6) is -0.0140. The number of likely N-dealkylation sites (N-methyl/N-ethyl adjacent to an activating group) is 2. The van der Waals surface area contributed by atoms with E-state index < -0.39 is 6.10 Å². The van der Waals surface area contributed by atoms with Gasteiger partial charge in [0.15, 0.2) is 0 Å². The molecular weight excluding hydrogens is 290 g/mol. The smallest absolute Gasteiger partial charge is 0.253 e. The molecule has 1 fully saturated rings. The zero-order valence-corrected chi connectivity index (χ0v) is 14.5. The highest BCUT2D eigenvalue weighted by atomic mass is 16.3. The number of nitrogens with zero attached hydrogens (tertiary/aromatic N) is 3. The average molecular weight is 319 g/mol. The van der Waals surface area contributed by atoms with E-state index in [0.29, 0.717) is 13.1 Å². The number of rotatable bonds is 6. The van der Waals surface area contributed by atoms with Gasteiger partial charge in [0.05, 0.1) is 6.10 Å². The molecule has 1 aliphatic heterocycles. The maximum atomic E-state index is 12.6. The monoisotopic (exact) mass is 319 g/mol. The summed E-state index contributed by atoms with van der Waals surface area (Å²) >= 11 is 0. The molecular formula is C18H29N3O2. The predicted octanol–water partition coefficient (Wildman–Crippen LogP) is 0.929. The summed E-state index contributed by atoms with van der Waals surface area (Å²) in [5, 5.41) is 10.3.